The number of esters is 1. The molecule has 0 spiro atoms. The van der Waals surface area contributed by atoms with Crippen LogP contribution in [0.3, 0.4) is 0 Å². The van der Waals surface area contributed by atoms with Crippen molar-refractivity contribution in [3.05, 3.63) is 48.5 Å². The van der Waals surface area contributed by atoms with Gasteiger partial charge in [0.2, 0.25) is 15.9 Å². The molecule has 25 heavy (non-hydrogen) atoms. The second kappa shape index (κ2) is 6.54. The van der Waals surface area contributed by atoms with Crippen LogP contribution in [-0.2, 0) is 19.6 Å². The number of benzene rings is 2. The van der Waals surface area contributed by atoms with Crippen LogP contribution in [0.25, 0.3) is 0 Å². The molecule has 3 rings (SSSR count). The fourth-order valence-corrected chi connectivity index (χ4v) is 2.96. The Morgan fingerprint density at radius 3 is 2.52 bits per heavy atom. The number of hydrogen-bond acceptors (Lipinski definition) is 6. The van der Waals surface area contributed by atoms with Crippen LogP contribution in [0.4, 0.5) is 11.4 Å². The van der Waals surface area contributed by atoms with E-state index in [-0.39, 0.29) is 23.9 Å². The third kappa shape index (κ3) is 3.95. The van der Waals surface area contributed by atoms with Crippen LogP contribution in [0.5, 0.6) is 5.75 Å². The zero-order valence-electron chi connectivity index (χ0n) is 13.0. The predicted molar refractivity (Wildman–Crippen MR) is 90.7 cm³/mol. The van der Waals surface area contributed by atoms with Gasteiger partial charge in [0.25, 0.3) is 0 Å². The number of carbonyl (C=O) groups is 2. The topological polar surface area (TPSA) is 119 Å². The summed E-state index contributed by atoms with van der Waals surface area (Å²) < 4.78 is 27.6. The van der Waals surface area contributed by atoms with E-state index in [4.69, 9.17) is 9.88 Å². The molecule has 0 unspecified atom stereocenters. The number of nitrogens with two attached hydrogens (primary N) is 1. The number of para-hydroxylation sites is 2. The van der Waals surface area contributed by atoms with Crippen molar-refractivity contribution in [3.8, 4) is 5.75 Å². The van der Waals surface area contributed by atoms with Crippen LogP contribution in [-0.4, -0.2) is 33.4 Å². The lowest BCUT2D eigenvalue weighted by atomic mass is 10.2. The Morgan fingerprint density at radius 1 is 1.16 bits per heavy atom. The highest BCUT2D eigenvalue weighted by atomic mass is 32.2. The third-order valence-electron chi connectivity index (χ3n) is 3.55. The number of nitrogens with one attached hydrogen (secondary N) is 1. The maximum Gasteiger partial charge on any atom is 0.331 e. The smallest absolute Gasteiger partial charge is 0.331 e. The molecular formula is C16H15N3O5S. The summed E-state index contributed by atoms with van der Waals surface area (Å²) in [7, 11) is -3.78. The molecule has 9 heteroatoms. The Labute approximate surface area is 144 Å². The van der Waals surface area contributed by atoms with Crippen molar-refractivity contribution in [2.45, 2.75) is 4.90 Å². The lowest BCUT2D eigenvalue weighted by Gasteiger charge is -2.29. The highest BCUT2D eigenvalue weighted by Crippen LogP contribution is 2.31. The lowest BCUT2D eigenvalue weighted by molar-refractivity contribution is -0.133. The monoisotopic (exact) mass is 361 g/mol. The Bertz CT molecular complexity index is 925. The molecule has 0 saturated heterocycles. The molecule has 1 amide bonds. The van der Waals surface area contributed by atoms with E-state index >= 15 is 0 Å². The van der Waals surface area contributed by atoms with Crippen LogP contribution >= 0.6 is 0 Å². The molecule has 0 saturated carbocycles. The zero-order valence-corrected chi connectivity index (χ0v) is 13.8. The molecule has 0 bridgehead atoms. The van der Waals surface area contributed by atoms with E-state index in [1.54, 1.807) is 29.2 Å². The molecule has 0 fully saturated rings. The Hall–Kier alpha value is -2.91. The molecule has 3 N–H and O–H groups in total. The van der Waals surface area contributed by atoms with Crippen molar-refractivity contribution in [1.29, 1.82) is 0 Å². The van der Waals surface area contributed by atoms with Crippen LogP contribution < -0.4 is 20.1 Å². The van der Waals surface area contributed by atoms with Crippen molar-refractivity contribution in [1.82, 2.24) is 0 Å². The minimum absolute atomic E-state index is 0.0329. The van der Waals surface area contributed by atoms with Gasteiger partial charge in [-0.25, -0.2) is 18.4 Å². The van der Waals surface area contributed by atoms with E-state index in [2.05, 4.69) is 5.32 Å². The van der Waals surface area contributed by atoms with Gasteiger partial charge in [0.15, 0.2) is 5.75 Å². The maximum atomic E-state index is 12.2. The minimum atomic E-state index is -3.78. The molecule has 0 aromatic heterocycles. The highest BCUT2D eigenvalue weighted by molar-refractivity contribution is 7.89. The maximum absolute atomic E-state index is 12.2. The minimum Gasteiger partial charge on any atom is -0.423 e. The number of nitrogens with zero attached hydrogens (tertiary/aromatic N) is 1. The van der Waals surface area contributed by atoms with Gasteiger partial charge in [-0.15, -0.1) is 0 Å². The summed E-state index contributed by atoms with van der Waals surface area (Å²) in [4.78, 5) is 25.4. The first kappa shape index (κ1) is 16.9. The number of sulfonamides is 1. The molecule has 8 nitrogen and oxygen atoms in total. The molecule has 2 aromatic rings. The van der Waals surface area contributed by atoms with Crippen molar-refractivity contribution < 1.29 is 22.7 Å². The van der Waals surface area contributed by atoms with Gasteiger partial charge < -0.3 is 15.0 Å². The largest absolute Gasteiger partial charge is 0.423 e. The van der Waals surface area contributed by atoms with E-state index in [1.165, 1.54) is 24.3 Å². The quantitative estimate of drug-likeness (QED) is 0.611. The predicted octanol–water partition coefficient (Wildman–Crippen LogP) is 0.698. The second-order valence-electron chi connectivity index (χ2n) is 5.42. The Morgan fingerprint density at radius 2 is 1.84 bits per heavy atom. The number of primary sulfonamides is 1. The molecule has 0 radical (unpaired) electrons. The van der Waals surface area contributed by atoms with Crippen molar-refractivity contribution in [2.75, 3.05) is 23.3 Å². The molecule has 1 heterocycles. The number of anilines is 2. The Balaban J connectivity index is 1.70. The van der Waals surface area contributed by atoms with Gasteiger partial charge in [-0.2, -0.15) is 0 Å². The second-order valence-corrected chi connectivity index (χ2v) is 6.98. The summed E-state index contributed by atoms with van der Waals surface area (Å²) in [5, 5.41) is 7.67. The van der Waals surface area contributed by atoms with Crippen LogP contribution in [0.1, 0.15) is 0 Å². The number of ether oxygens (including phenoxy) is 1. The van der Waals surface area contributed by atoms with Crippen LogP contribution in [0.2, 0.25) is 0 Å². The highest BCUT2D eigenvalue weighted by Gasteiger charge is 2.25. The molecule has 1 aliphatic rings. The molecule has 0 aliphatic carbocycles. The normalized spacial score (nSPS) is 13.8. The first-order valence-electron chi connectivity index (χ1n) is 7.30. The van der Waals surface area contributed by atoms with Crippen molar-refractivity contribution in [2.24, 2.45) is 5.14 Å². The average Bonchev–Trinajstić information content (AvgIpc) is 2.54. The summed E-state index contributed by atoms with van der Waals surface area (Å²) in [6.07, 6.45) is 0. The molecule has 0 atom stereocenters. The van der Waals surface area contributed by atoms with E-state index in [9.17, 15) is 18.0 Å². The summed E-state index contributed by atoms with van der Waals surface area (Å²) in [6, 6.07) is 12.4. The summed E-state index contributed by atoms with van der Waals surface area (Å²) in [5.41, 5.74) is 1.08. The lowest BCUT2D eigenvalue weighted by Crippen LogP contribution is -2.41. The van der Waals surface area contributed by atoms with E-state index in [0.717, 1.165) is 0 Å². The van der Waals surface area contributed by atoms with Gasteiger partial charge in [0.05, 0.1) is 17.1 Å². The van der Waals surface area contributed by atoms with Gasteiger partial charge in [-0.1, -0.05) is 12.1 Å². The van der Waals surface area contributed by atoms with Gasteiger partial charge >= 0.3 is 5.97 Å². The van der Waals surface area contributed by atoms with E-state index in [1.807, 2.05) is 0 Å². The Kier molecular flexibility index (Phi) is 4.43. The zero-order chi connectivity index (χ0) is 18.0. The van der Waals surface area contributed by atoms with Crippen LogP contribution in [0, 0.1) is 0 Å². The number of fused-ring (bicyclic) bond motifs is 1. The fraction of sp³-hybridized carbons (Fsp3) is 0.125. The average molecular weight is 361 g/mol. The van der Waals surface area contributed by atoms with E-state index < -0.39 is 16.0 Å². The third-order valence-corrected chi connectivity index (χ3v) is 4.48. The molecule has 130 valence electrons. The molecule has 1 aliphatic heterocycles. The van der Waals surface area contributed by atoms with Crippen molar-refractivity contribution >= 4 is 33.3 Å². The number of carbonyl (C=O) groups excluding carboxylic acids is 2. The van der Waals surface area contributed by atoms with Crippen molar-refractivity contribution in [3.63, 3.8) is 0 Å². The van der Waals surface area contributed by atoms with E-state index in [0.29, 0.717) is 17.1 Å². The van der Waals surface area contributed by atoms with Gasteiger partial charge in [-0.3, -0.25) is 4.79 Å². The van der Waals surface area contributed by atoms with Crippen LogP contribution in [0.15, 0.2) is 53.4 Å². The summed E-state index contributed by atoms with van der Waals surface area (Å²) in [5.74, 6) is -0.388. The SMILES string of the molecule is NS(=O)(=O)c1ccc(NC(=O)CN2CC(=O)Oc3ccccc32)cc1. The van der Waals surface area contributed by atoms with Gasteiger partial charge in [0.1, 0.15) is 6.54 Å². The standard InChI is InChI=1S/C16H15N3O5S/c17-25(22,23)12-7-5-11(6-8-12)18-15(20)9-19-10-16(21)24-14-4-2-1-3-13(14)19/h1-8H,9-10H2,(H,18,20)(H2,17,22,23). The molecular weight excluding hydrogens is 346 g/mol. The first-order valence-corrected chi connectivity index (χ1v) is 8.85. The number of hydrogen-bond donors (Lipinski definition) is 2. The number of rotatable bonds is 4. The fourth-order valence-electron chi connectivity index (χ4n) is 2.44. The van der Waals surface area contributed by atoms with Gasteiger partial charge in [-0.05, 0) is 36.4 Å². The summed E-state index contributed by atoms with van der Waals surface area (Å²) >= 11 is 0. The van der Waals surface area contributed by atoms with Gasteiger partial charge in [0, 0.05) is 5.69 Å². The summed E-state index contributed by atoms with van der Waals surface area (Å²) in [6.45, 7) is -0.0855. The number of amides is 1. The first-order chi connectivity index (χ1) is 11.8. The molecule has 2 aromatic carbocycles.